The number of benzene rings is 1. The largest absolute Gasteiger partial charge is 0.494 e. The van der Waals surface area contributed by atoms with Crippen molar-refractivity contribution < 1.29 is 22.7 Å². The molecule has 0 aliphatic carbocycles. The van der Waals surface area contributed by atoms with E-state index < -0.39 is 17.6 Å². The predicted octanol–water partition coefficient (Wildman–Crippen LogP) is 2.65. The number of carbonyl (C=O) groups is 1. The van der Waals surface area contributed by atoms with Gasteiger partial charge in [-0.1, -0.05) is 25.1 Å². The van der Waals surface area contributed by atoms with Gasteiger partial charge in [0.15, 0.2) is 0 Å². The first-order valence-electron chi connectivity index (χ1n) is 9.28. The number of hydrogen-bond donors (Lipinski definition) is 2. The molecule has 0 aromatic heterocycles. The molecule has 2 rings (SSSR count). The summed E-state index contributed by atoms with van der Waals surface area (Å²) >= 11 is 0. The standard InChI is InChI=1S/C19H28F3N3O2/c1-3-27-16-9-5-4-8-15(16)18(23,19(20,21)22)17(26)24-10-12-25-11-6-7-14(2)13-25/h4-5,8-9,14H,3,6-7,10-13,23H2,1-2H3,(H,24,26)/t14-,18-/m0/s1. The van der Waals surface area contributed by atoms with Gasteiger partial charge in [0, 0.05) is 25.2 Å². The van der Waals surface area contributed by atoms with Gasteiger partial charge in [0.05, 0.1) is 6.61 Å². The van der Waals surface area contributed by atoms with Gasteiger partial charge in [-0.3, -0.25) is 4.79 Å². The van der Waals surface area contributed by atoms with Crippen molar-refractivity contribution >= 4 is 5.91 Å². The summed E-state index contributed by atoms with van der Waals surface area (Å²) < 4.78 is 46.8. The van der Waals surface area contributed by atoms with Crippen molar-refractivity contribution in [3.05, 3.63) is 29.8 Å². The van der Waals surface area contributed by atoms with E-state index in [1.807, 2.05) is 0 Å². The van der Waals surface area contributed by atoms with Crippen molar-refractivity contribution in [2.75, 3.05) is 32.8 Å². The van der Waals surface area contributed by atoms with Crippen LogP contribution in [0.25, 0.3) is 0 Å². The van der Waals surface area contributed by atoms with Crippen molar-refractivity contribution in [2.45, 2.75) is 38.4 Å². The molecule has 0 radical (unpaired) electrons. The minimum absolute atomic E-state index is 0.0418. The van der Waals surface area contributed by atoms with Crippen molar-refractivity contribution in [3.8, 4) is 5.75 Å². The van der Waals surface area contributed by atoms with Crippen LogP contribution >= 0.6 is 0 Å². The fraction of sp³-hybridized carbons (Fsp3) is 0.632. The zero-order chi connectivity index (χ0) is 20.1. The highest BCUT2D eigenvalue weighted by Crippen LogP contribution is 2.41. The van der Waals surface area contributed by atoms with Gasteiger partial charge in [-0.15, -0.1) is 0 Å². The summed E-state index contributed by atoms with van der Waals surface area (Å²) in [6.07, 6.45) is -2.76. The van der Waals surface area contributed by atoms with Crippen LogP contribution in [0.3, 0.4) is 0 Å². The molecule has 0 saturated carbocycles. The van der Waals surface area contributed by atoms with Crippen LogP contribution in [0.15, 0.2) is 24.3 Å². The molecule has 0 spiro atoms. The third kappa shape index (κ3) is 4.93. The molecule has 1 aliphatic heterocycles. The van der Waals surface area contributed by atoms with Crippen molar-refractivity contribution in [3.63, 3.8) is 0 Å². The number of hydrogen-bond acceptors (Lipinski definition) is 4. The Balaban J connectivity index is 2.14. The quantitative estimate of drug-likeness (QED) is 0.755. The summed E-state index contributed by atoms with van der Waals surface area (Å²) in [6.45, 7) is 6.34. The highest BCUT2D eigenvalue weighted by molar-refractivity contribution is 5.89. The molecular weight excluding hydrogens is 359 g/mol. The first-order chi connectivity index (χ1) is 12.7. The second-order valence-corrected chi connectivity index (χ2v) is 7.04. The number of likely N-dealkylation sites (tertiary alicyclic amines) is 1. The Kier molecular flexibility index (Phi) is 7.11. The highest BCUT2D eigenvalue weighted by atomic mass is 19.4. The second kappa shape index (κ2) is 8.93. The number of nitrogens with zero attached hydrogens (tertiary/aromatic N) is 1. The molecular formula is C19H28F3N3O2. The number of amides is 1. The molecule has 27 heavy (non-hydrogen) atoms. The lowest BCUT2D eigenvalue weighted by Crippen LogP contribution is -2.61. The highest BCUT2D eigenvalue weighted by Gasteiger charge is 2.60. The molecule has 152 valence electrons. The van der Waals surface area contributed by atoms with Gasteiger partial charge in [-0.05, 0) is 38.3 Å². The average Bonchev–Trinajstić information content (AvgIpc) is 2.61. The molecule has 1 fully saturated rings. The Morgan fingerprint density at radius 3 is 2.70 bits per heavy atom. The van der Waals surface area contributed by atoms with Gasteiger partial charge in [0.2, 0.25) is 5.54 Å². The fourth-order valence-corrected chi connectivity index (χ4v) is 3.43. The Morgan fingerprint density at radius 2 is 2.07 bits per heavy atom. The van der Waals surface area contributed by atoms with E-state index in [1.54, 1.807) is 13.0 Å². The number of alkyl halides is 3. The van der Waals surface area contributed by atoms with Gasteiger partial charge in [0.1, 0.15) is 5.75 Å². The molecule has 1 heterocycles. The summed E-state index contributed by atoms with van der Waals surface area (Å²) in [4.78, 5) is 14.7. The Bertz CT molecular complexity index is 639. The topological polar surface area (TPSA) is 67.6 Å². The monoisotopic (exact) mass is 387 g/mol. The SMILES string of the molecule is CCOc1ccccc1[C@](N)(C(=O)NCCN1CCC[C@H](C)C1)C(F)(F)F. The molecule has 1 aromatic rings. The molecule has 1 saturated heterocycles. The molecule has 1 aromatic carbocycles. The van der Waals surface area contributed by atoms with Crippen LogP contribution < -0.4 is 15.8 Å². The molecule has 3 N–H and O–H groups in total. The summed E-state index contributed by atoms with van der Waals surface area (Å²) in [6, 6.07) is 5.52. The second-order valence-electron chi connectivity index (χ2n) is 7.04. The number of rotatable bonds is 7. The summed E-state index contributed by atoms with van der Waals surface area (Å²) in [7, 11) is 0. The Hall–Kier alpha value is -1.80. The Labute approximate surface area is 158 Å². The molecule has 0 bridgehead atoms. The van der Waals surface area contributed by atoms with Gasteiger partial charge >= 0.3 is 6.18 Å². The van der Waals surface area contributed by atoms with E-state index in [9.17, 15) is 18.0 Å². The van der Waals surface area contributed by atoms with Crippen molar-refractivity contribution in [1.29, 1.82) is 0 Å². The lowest BCUT2D eigenvalue weighted by molar-refractivity contribution is -0.194. The van der Waals surface area contributed by atoms with E-state index in [-0.39, 0.29) is 24.5 Å². The fourth-order valence-electron chi connectivity index (χ4n) is 3.43. The summed E-state index contributed by atoms with van der Waals surface area (Å²) in [5, 5.41) is 2.38. The summed E-state index contributed by atoms with van der Waals surface area (Å²) in [5.41, 5.74) is 2.12. The van der Waals surface area contributed by atoms with E-state index in [4.69, 9.17) is 10.5 Å². The smallest absolute Gasteiger partial charge is 0.419 e. The van der Waals surface area contributed by atoms with Crippen molar-refractivity contribution in [2.24, 2.45) is 11.7 Å². The van der Waals surface area contributed by atoms with Crippen LogP contribution in [0.2, 0.25) is 0 Å². The van der Waals surface area contributed by atoms with E-state index in [0.717, 1.165) is 25.9 Å². The normalized spacial score (nSPS) is 20.7. The number of ether oxygens (including phenoxy) is 1. The zero-order valence-corrected chi connectivity index (χ0v) is 15.8. The van der Waals surface area contributed by atoms with Gasteiger partial charge < -0.3 is 20.7 Å². The molecule has 5 nitrogen and oxygen atoms in total. The molecule has 1 aliphatic rings. The van der Waals surface area contributed by atoms with Crippen LogP contribution in [0.1, 0.15) is 32.3 Å². The lowest BCUT2D eigenvalue weighted by atomic mass is 9.88. The van der Waals surface area contributed by atoms with Gasteiger partial charge in [-0.2, -0.15) is 13.2 Å². The Morgan fingerprint density at radius 1 is 1.37 bits per heavy atom. The maximum Gasteiger partial charge on any atom is 0.419 e. The van der Waals surface area contributed by atoms with Crippen molar-refractivity contribution in [1.82, 2.24) is 10.2 Å². The van der Waals surface area contributed by atoms with Crippen LogP contribution in [0.5, 0.6) is 5.75 Å². The first kappa shape index (κ1) is 21.5. The number of carbonyl (C=O) groups excluding carboxylic acids is 1. The third-order valence-corrected chi connectivity index (χ3v) is 4.87. The molecule has 0 unspecified atom stereocenters. The molecule has 8 heteroatoms. The predicted molar refractivity (Wildman–Crippen MR) is 97.4 cm³/mol. The van der Waals surface area contributed by atoms with Crippen LogP contribution in [0.4, 0.5) is 13.2 Å². The first-order valence-corrected chi connectivity index (χ1v) is 9.28. The van der Waals surface area contributed by atoms with Crippen LogP contribution in [0, 0.1) is 5.92 Å². The molecule has 1 amide bonds. The number of halogens is 3. The maximum atomic E-state index is 13.8. The number of piperidine rings is 1. The van der Waals surface area contributed by atoms with Gasteiger partial charge in [0.25, 0.3) is 5.91 Å². The average molecular weight is 387 g/mol. The van der Waals surface area contributed by atoms with Gasteiger partial charge in [-0.25, -0.2) is 0 Å². The maximum absolute atomic E-state index is 13.8. The number of para-hydroxylation sites is 1. The van der Waals surface area contributed by atoms with Crippen LogP contribution in [-0.2, 0) is 10.3 Å². The summed E-state index contributed by atoms with van der Waals surface area (Å²) in [5.74, 6) is -0.761. The van der Waals surface area contributed by atoms with E-state index in [1.165, 1.54) is 18.2 Å². The third-order valence-electron chi connectivity index (χ3n) is 4.87. The van der Waals surface area contributed by atoms with E-state index in [0.29, 0.717) is 12.5 Å². The number of nitrogens with two attached hydrogens (primary N) is 1. The lowest BCUT2D eigenvalue weighted by Gasteiger charge is -2.33. The van der Waals surface area contributed by atoms with E-state index >= 15 is 0 Å². The van der Waals surface area contributed by atoms with E-state index in [2.05, 4.69) is 17.1 Å². The zero-order valence-electron chi connectivity index (χ0n) is 15.8. The minimum Gasteiger partial charge on any atom is -0.494 e. The minimum atomic E-state index is -4.97. The van der Waals surface area contributed by atoms with Crippen LogP contribution in [-0.4, -0.2) is 49.8 Å². The number of nitrogens with one attached hydrogen (secondary N) is 1. The molecule has 2 atom stereocenters.